The third-order valence-electron chi connectivity index (χ3n) is 2.09. The van der Waals surface area contributed by atoms with Gasteiger partial charge in [-0.2, -0.15) is 0 Å². The molecule has 13 heavy (non-hydrogen) atoms. The molecular formula is C9H16N2OS. The molecule has 1 heterocycles. The maximum absolute atomic E-state index is 12.0. The highest BCUT2D eigenvalue weighted by molar-refractivity contribution is 7.90. The van der Waals surface area contributed by atoms with E-state index >= 15 is 0 Å². The summed E-state index contributed by atoms with van der Waals surface area (Å²) in [5.41, 5.74) is 0. The average Bonchev–Trinajstić information content (AvgIpc) is 2.04. The van der Waals surface area contributed by atoms with Crippen LogP contribution in [0.3, 0.4) is 0 Å². The fourth-order valence-corrected chi connectivity index (χ4v) is 2.46. The molecule has 0 aromatic rings. The van der Waals surface area contributed by atoms with Gasteiger partial charge in [0.05, 0.1) is 11.3 Å². The zero-order valence-electron chi connectivity index (χ0n) is 8.23. The van der Waals surface area contributed by atoms with Crippen molar-refractivity contribution in [2.24, 2.45) is 0 Å². The lowest BCUT2D eigenvalue weighted by atomic mass is 10.2. The van der Waals surface area contributed by atoms with Gasteiger partial charge in [0.2, 0.25) is 0 Å². The molecule has 0 bridgehead atoms. The second kappa shape index (κ2) is 3.54. The Morgan fingerprint density at radius 2 is 2.08 bits per heavy atom. The summed E-state index contributed by atoms with van der Waals surface area (Å²) in [7, 11) is -2.65. The molecule has 0 amide bonds. The summed E-state index contributed by atoms with van der Waals surface area (Å²) < 4.78 is 21.4. The molecule has 3 nitrogen and oxygen atoms in total. The highest BCUT2D eigenvalue weighted by atomic mass is 32.2. The Balaban J connectivity index is 2.96. The molecule has 0 aliphatic carbocycles. The van der Waals surface area contributed by atoms with Crippen LogP contribution in [-0.4, -0.2) is 19.8 Å². The Bertz CT molecular complexity index is 328. The molecule has 0 aromatic heterocycles. The minimum Gasteiger partial charge on any atom is -0.286 e. The molecule has 74 valence electrons. The van der Waals surface area contributed by atoms with E-state index in [4.69, 9.17) is 4.78 Å². The molecule has 2 unspecified atom stereocenters. The van der Waals surface area contributed by atoms with Crippen molar-refractivity contribution < 1.29 is 4.21 Å². The highest BCUT2D eigenvalue weighted by Crippen LogP contribution is 2.17. The van der Waals surface area contributed by atoms with E-state index in [0.29, 0.717) is 0 Å². The van der Waals surface area contributed by atoms with Crippen molar-refractivity contribution in [3.63, 3.8) is 0 Å². The van der Waals surface area contributed by atoms with Crippen molar-refractivity contribution in [3.8, 4) is 0 Å². The van der Waals surface area contributed by atoms with Crippen LogP contribution in [0.2, 0.25) is 0 Å². The molecule has 0 radical (unpaired) electrons. The zero-order chi connectivity index (χ0) is 10.1. The molecule has 0 spiro atoms. The van der Waals surface area contributed by atoms with Crippen LogP contribution in [0.5, 0.6) is 0 Å². The van der Waals surface area contributed by atoms with Gasteiger partial charge in [-0.15, -0.1) is 0 Å². The van der Waals surface area contributed by atoms with Crippen LogP contribution >= 0.6 is 0 Å². The van der Waals surface area contributed by atoms with Crippen LogP contribution in [-0.2, 0) is 9.92 Å². The standard InChI is InChI=1S/C9H16N2OS/c1-8(2)13(10,12)11-7-5-4-6-9(11)3/h4-10H,1-3H3. The molecule has 1 aliphatic rings. The highest BCUT2D eigenvalue weighted by Gasteiger charge is 2.23. The van der Waals surface area contributed by atoms with Gasteiger partial charge >= 0.3 is 0 Å². The van der Waals surface area contributed by atoms with E-state index in [1.807, 2.05) is 39.0 Å². The third kappa shape index (κ3) is 1.94. The first-order chi connectivity index (χ1) is 5.96. The topological polar surface area (TPSA) is 44.2 Å². The minimum atomic E-state index is -2.65. The van der Waals surface area contributed by atoms with Crippen molar-refractivity contribution in [3.05, 3.63) is 24.4 Å². The number of nitrogens with one attached hydrogen (secondary N) is 1. The van der Waals surface area contributed by atoms with Gasteiger partial charge in [-0.05, 0) is 26.8 Å². The second-order valence-electron chi connectivity index (χ2n) is 3.44. The molecule has 0 fully saturated rings. The molecule has 4 heteroatoms. The number of allylic oxidation sites excluding steroid dienone is 2. The molecule has 1 N–H and O–H groups in total. The summed E-state index contributed by atoms with van der Waals surface area (Å²) >= 11 is 0. The number of nitrogens with zero attached hydrogens (tertiary/aromatic N) is 1. The molecule has 1 aliphatic heterocycles. The van der Waals surface area contributed by atoms with Gasteiger partial charge in [-0.3, -0.25) is 4.31 Å². The van der Waals surface area contributed by atoms with Crippen molar-refractivity contribution in [2.45, 2.75) is 32.1 Å². The summed E-state index contributed by atoms with van der Waals surface area (Å²) in [6.07, 6.45) is 7.41. The van der Waals surface area contributed by atoms with E-state index in [1.54, 1.807) is 10.5 Å². The Kier molecular flexibility index (Phi) is 2.81. The number of hydrogen-bond donors (Lipinski definition) is 1. The van der Waals surface area contributed by atoms with Crippen molar-refractivity contribution in [1.29, 1.82) is 4.78 Å². The van der Waals surface area contributed by atoms with Gasteiger partial charge in [-0.1, -0.05) is 12.2 Å². The smallest absolute Gasteiger partial charge is 0.131 e. The summed E-state index contributed by atoms with van der Waals surface area (Å²) in [5, 5.41) is -0.147. The lowest BCUT2D eigenvalue weighted by molar-refractivity contribution is 0.497. The molecule has 1 rings (SSSR count). The predicted octanol–water partition coefficient (Wildman–Crippen LogP) is 2.13. The monoisotopic (exact) mass is 200 g/mol. The van der Waals surface area contributed by atoms with Gasteiger partial charge in [-0.25, -0.2) is 8.99 Å². The van der Waals surface area contributed by atoms with E-state index in [0.717, 1.165) is 0 Å². The summed E-state index contributed by atoms with van der Waals surface area (Å²) in [6.45, 7) is 5.57. The van der Waals surface area contributed by atoms with E-state index in [1.165, 1.54) is 0 Å². The van der Waals surface area contributed by atoms with Gasteiger partial charge in [0.15, 0.2) is 0 Å². The van der Waals surface area contributed by atoms with Crippen molar-refractivity contribution in [1.82, 2.24) is 4.31 Å². The van der Waals surface area contributed by atoms with Crippen LogP contribution in [0, 0.1) is 4.78 Å². The van der Waals surface area contributed by atoms with Gasteiger partial charge in [0.1, 0.15) is 9.92 Å². The second-order valence-corrected chi connectivity index (χ2v) is 5.95. The third-order valence-corrected chi connectivity index (χ3v) is 4.45. The Hall–Kier alpha value is -0.770. The van der Waals surface area contributed by atoms with Crippen LogP contribution in [0.25, 0.3) is 0 Å². The summed E-state index contributed by atoms with van der Waals surface area (Å²) in [4.78, 5) is 0. The largest absolute Gasteiger partial charge is 0.286 e. The van der Waals surface area contributed by atoms with Crippen LogP contribution in [0.1, 0.15) is 20.8 Å². The lowest BCUT2D eigenvalue weighted by Gasteiger charge is -2.31. The fraction of sp³-hybridized carbons (Fsp3) is 0.556. The zero-order valence-corrected chi connectivity index (χ0v) is 9.04. The summed E-state index contributed by atoms with van der Waals surface area (Å²) in [6, 6.07) is 0.0531. The van der Waals surface area contributed by atoms with Crippen LogP contribution < -0.4 is 0 Å². The fourth-order valence-electron chi connectivity index (χ4n) is 1.16. The minimum absolute atomic E-state index is 0.0531. The maximum atomic E-state index is 12.0. The number of hydrogen-bond acceptors (Lipinski definition) is 2. The molecule has 0 aromatic carbocycles. The lowest BCUT2D eigenvalue weighted by Crippen LogP contribution is -2.37. The van der Waals surface area contributed by atoms with Gasteiger partial charge in [0, 0.05) is 6.20 Å². The van der Waals surface area contributed by atoms with E-state index in [2.05, 4.69) is 0 Å². The molecule has 2 atom stereocenters. The van der Waals surface area contributed by atoms with E-state index < -0.39 is 9.92 Å². The van der Waals surface area contributed by atoms with Crippen LogP contribution in [0.15, 0.2) is 24.4 Å². The Morgan fingerprint density at radius 3 is 2.54 bits per heavy atom. The first kappa shape index (κ1) is 10.3. The van der Waals surface area contributed by atoms with Crippen LogP contribution in [0.4, 0.5) is 0 Å². The Labute approximate surface area is 80.2 Å². The molecule has 0 saturated carbocycles. The average molecular weight is 200 g/mol. The first-order valence-electron chi connectivity index (χ1n) is 4.37. The van der Waals surface area contributed by atoms with Crippen molar-refractivity contribution in [2.75, 3.05) is 0 Å². The quantitative estimate of drug-likeness (QED) is 0.729. The van der Waals surface area contributed by atoms with Gasteiger partial charge < -0.3 is 0 Å². The summed E-state index contributed by atoms with van der Waals surface area (Å²) in [5.74, 6) is 0. The maximum Gasteiger partial charge on any atom is 0.131 e. The SMILES string of the molecule is CC1C=CC=CN1S(=N)(=O)C(C)C. The van der Waals surface area contributed by atoms with Crippen molar-refractivity contribution >= 4 is 9.92 Å². The predicted molar refractivity (Wildman–Crippen MR) is 55.6 cm³/mol. The molecule has 0 saturated heterocycles. The normalized spacial score (nSPS) is 26.5. The van der Waals surface area contributed by atoms with E-state index in [-0.39, 0.29) is 11.3 Å². The Morgan fingerprint density at radius 1 is 1.46 bits per heavy atom. The van der Waals surface area contributed by atoms with Gasteiger partial charge in [0.25, 0.3) is 0 Å². The molecular weight excluding hydrogens is 184 g/mol. The number of rotatable bonds is 2. The first-order valence-corrected chi connectivity index (χ1v) is 5.95. The van der Waals surface area contributed by atoms with E-state index in [9.17, 15) is 4.21 Å².